The molecule has 7 heteroatoms. The normalized spacial score (nSPS) is 11.9. The Balaban J connectivity index is 3.77. The summed E-state index contributed by atoms with van der Waals surface area (Å²) < 4.78 is 4.99. The molecular formula is C9H18N2O5. The minimum Gasteiger partial charge on any atom is -0.480 e. The van der Waals surface area contributed by atoms with Gasteiger partial charge in [-0.15, -0.1) is 0 Å². The molecule has 0 saturated heterocycles. The van der Waals surface area contributed by atoms with E-state index in [4.69, 9.17) is 14.9 Å². The van der Waals surface area contributed by atoms with Crippen LogP contribution in [0.25, 0.3) is 0 Å². The van der Waals surface area contributed by atoms with Crippen molar-refractivity contribution in [1.29, 1.82) is 0 Å². The van der Waals surface area contributed by atoms with Gasteiger partial charge in [0, 0.05) is 26.2 Å². The monoisotopic (exact) mass is 234 g/mol. The summed E-state index contributed by atoms with van der Waals surface area (Å²) in [6, 6.07) is -1.65. The van der Waals surface area contributed by atoms with Gasteiger partial charge < -0.3 is 25.6 Å². The first-order chi connectivity index (χ1) is 7.61. The van der Waals surface area contributed by atoms with E-state index in [-0.39, 0.29) is 13.0 Å². The molecule has 4 N–H and O–H groups in total. The van der Waals surface area contributed by atoms with Gasteiger partial charge in [-0.2, -0.15) is 0 Å². The van der Waals surface area contributed by atoms with E-state index in [2.05, 4.69) is 10.6 Å². The molecule has 2 amide bonds. The van der Waals surface area contributed by atoms with Crippen LogP contribution in [-0.4, -0.2) is 54.6 Å². The molecule has 1 unspecified atom stereocenters. The van der Waals surface area contributed by atoms with Crippen LogP contribution < -0.4 is 10.6 Å². The highest BCUT2D eigenvalue weighted by Gasteiger charge is 2.18. The molecular weight excluding hydrogens is 216 g/mol. The number of nitrogens with one attached hydrogen (secondary N) is 2. The van der Waals surface area contributed by atoms with Crippen LogP contribution in [0.3, 0.4) is 0 Å². The minimum absolute atomic E-state index is 0.0196. The van der Waals surface area contributed by atoms with E-state index >= 15 is 0 Å². The Morgan fingerprint density at radius 3 is 2.62 bits per heavy atom. The number of rotatable bonds is 8. The van der Waals surface area contributed by atoms with E-state index in [1.165, 1.54) is 0 Å². The molecule has 0 aromatic carbocycles. The fourth-order valence-corrected chi connectivity index (χ4v) is 0.977. The van der Waals surface area contributed by atoms with Crippen molar-refractivity contribution < 1.29 is 24.5 Å². The Kier molecular flexibility index (Phi) is 8.18. The van der Waals surface area contributed by atoms with Crippen molar-refractivity contribution in [1.82, 2.24) is 10.6 Å². The molecule has 0 saturated carbocycles. The van der Waals surface area contributed by atoms with Gasteiger partial charge >= 0.3 is 12.0 Å². The van der Waals surface area contributed by atoms with Crippen LogP contribution in [0, 0.1) is 0 Å². The standard InChI is InChI=1S/C9H18N2O5/c1-2-16-6-4-10-9(15)11-7(3-5-12)8(13)14/h7,12H,2-6H2,1H3,(H,13,14)(H2,10,11,15). The number of carbonyl (C=O) groups is 2. The van der Waals surface area contributed by atoms with E-state index in [0.29, 0.717) is 19.8 Å². The predicted octanol–water partition coefficient (Wildman–Crippen LogP) is -0.842. The summed E-state index contributed by atoms with van der Waals surface area (Å²) in [5.41, 5.74) is 0. The SMILES string of the molecule is CCOCCNC(=O)NC(CCO)C(=O)O. The second kappa shape index (κ2) is 8.93. The van der Waals surface area contributed by atoms with Crippen LogP contribution in [0.15, 0.2) is 0 Å². The molecule has 0 radical (unpaired) electrons. The number of carboxylic acid groups (broad SMARTS) is 1. The van der Waals surface area contributed by atoms with Crippen molar-refractivity contribution in [2.45, 2.75) is 19.4 Å². The number of aliphatic hydroxyl groups excluding tert-OH is 1. The van der Waals surface area contributed by atoms with Crippen molar-refractivity contribution in [2.75, 3.05) is 26.4 Å². The molecule has 0 aliphatic rings. The second-order valence-electron chi connectivity index (χ2n) is 3.00. The molecule has 1 atom stereocenters. The third-order valence-electron chi connectivity index (χ3n) is 1.76. The molecule has 0 heterocycles. The Morgan fingerprint density at radius 2 is 2.12 bits per heavy atom. The van der Waals surface area contributed by atoms with Crippen LogP contribution >= 0.6 is 0 Å². The molecule has 0 spiro atoms. The maximum Gasteiger partial charge on any atom is 0.326 e. The molecule has 0 rings (SSSR count). The van der Waals surface area contributed by atoms with Gasteiger partial charge in [-0.1, -0.05) is 0 Å². The molecule has 0 aliphatic carbocycles. The predicted molar refractivity (Wildman–Crippen MR) is 56.2 cm³/mol. The highest BCUT2D eigenvalue weighted by Crippen LogP contribution is 1.90. The number of hydrogen-bond donors (Lipinski definition) is 4. The first-order valence-electron chi connectivity index (χ1n) is 5.07. The van der Waals surface area contributed by atoms with Crippen molar-refractivity contribution >= 4 is 12.0 Å². The number of amides is 2. The number of urea groups is 1. The van der Waals surface area contributed by atoms with Crippen molar-refractivity contribution in [3.63, 3.8) is 0 Å². The maximum absolute atomic E-state index is 11.2. The van der Waals surface area contributed by atoms with E-state index in [1.807, 2.05) is 6.92 Å². The van der Waals surface area contributed by atoms with E-state index in [9.17, 15) is 9.59 Å². The number of hydrogen-bond acceptors (Lipinski definition) is 4. The Hall–Kier alpha value is -1.34. The summed E-state index contributed by atoms with van der Waals surface area (Å²) in [5.74, 6) is -1.17. The van der Waals surface area contributed by atoms with Crippen LogP contribution in [-0.2, 0) is 9.53 Å². The highest BCUT2D eigenvalue weighted by atomic mass is 16.5. The van der Waals surface area contributed by atoms with Gasteiger partial charge in [0.05, 0.1) is 6.61 Å². The fraction of sp³-hybridized carbons (Fsp3) is 0.778. The number of ether oxygens (including phenoxy) is 1. The molecule has 0 aliphatic heterocycles. The summed E-state index contributed by atoms with van der Waals surface area (Å²) >= 11 is 0. The fourth-order valence-electron chi connectivity index (χ4n) is 0.977. The van der Waals surface area contributed by atoms with Gasteiger partial charge in [0.15, 0.2) is 0 Å². The lowest BCUT2D eigenvalue weighted by Gasteiger charge is -2.13. The number of carbonyl (C=O) groups excluding carboxylic acids is 1. The average molecular weight is 234 g/mol. The number of aliphatic carboxylic acids is 1. The zero-order valence-electron chi connectivity index (χ0n) is 9.23. The molecule has 0 aromatic rings. The largest absolute Gasteiger partial charge is 0.480 e. The summed E-state index contributed by atoms with van der Waals surface area (Å²) in [7, 11) is 0. The Bertz CT molecular complexity index is 222. The molecule has 0 bridgehead atoms. The van der Waals surface area contributed by atoms with Crippen LogP contribution in [0.1, 0.15) is 13.3 Å². The topological polar surface area (TPSA) is 108 Å². The lowest BCUT2D eigenvalue weighted by atomic mass is 10.2. The zero-order valence-corrected chi connectivity index (χ0v) is 9.23. The quantitative estimate of drug-likeness (QED) is 0.409. The van der Waals surface area contributed by atoms with Gasteiger partial charge in [0.25, 0.3) is 0 Å². The highest BCUT2D eigenvalue weighted by molar-refractivity contribution is 5.82. The lowest BCUT2D eigenvalue weighted by molar-refractivity contribution is -0.139. The third kappa shape index (κ3) is 7.02. The van der Waals surface area contributed by atoms with Crippen LogP contribution in [0.2, 0.25) is 0 Å². The number of carboxylic acids is 1. The van der Waals surface area contributed by atoms with Crippen molar-refractivity contribution in [3.05, 3.63) is 0 Å². The summed E-state index contributed by atoms with van der Waals surface area (Å²) in [4.78, 5) is 21.8. The van der Waals surface area contributed by atoms with Gasteiger partial charge in [0.2, 0.25) is 0 Å². The molecule has 16 heavy (non-hydrogen) atoms. The van der Waals surface area contributed by atoms with Crippen molar-refractivity contribution in [2.24, 2.45) is 0 Å². The summed E-state index contributed by atoms with van der Waals surface area (Å²) in [6.07, 6.45) is -0.0196. The Labute approximate surface area is 93.8 Å². The maximum atomic E-state index is 11.2. The minimum atomic E-state index is -1.17. The van der Waals surface area contributed by atoms with E-state index in [1.54, 1.807) is 0 Å². The van der Waals surface area contributed by atoms with E-state index < -0.39 is 18.0 Å². The zero-order chi connectivity index (χ0) is 12.4. The smallest absolute Gasteiger partial charge is 0.326 e. The molecule has 7 nitrogen and oxygen atoms in total. The van der Waals surface area contributed by atoms with Crippen LogP contribution in [0.5, 0.6) is 0 Å². The summed E-state index contributed by atoms with van der Waals surface area (Å²) in [6.45, 7) is 2.79. The first kappa shape index (κ1) is 14.7. The molecule has 94 valence electrons. The van der Waals surface area contributed by atoms with Crippen molar-refractivity contribution in [3.8, 4) is 0 Å². The molecule has 0 fully saturated rings. The van der Waals surface area contributed by atoms with Crippen LogP contribution in [0.4, 0.5) is 4.79 Å². The number of aliphatic hydroxyl groups is 1. The molecule has 0 aromatic heterocycles. The summed E-state index contributed by atoms with van der Waals surface area (Å²) in [5, 5.41) is 21.9. The van der Waals surface area contributed by atoms with E-state index in [0.717, 1.165) is 0 Å². The van der Waals surface area contributed by atoms with Gasteiger partial charge in [0.1, 0.15) is 6.04 Å². The van der Waals surface area contributed by atoms with Gasteiger partial charge in [-0.25, -0.2) is 9.59 Å². The second-order valence-corrected chi connectivity index (χ2v) is 3.00. The third-order valence-corrected chi connectivity index (χ3v) is 1.76. The first-order valence-corrected chi connectivity index (χ1v) is 5.07. The Morgan fingerprint density at radius 1 is 1.44 bits per heavy atom. The average Bonchev–Trinajstić information content (AvgIpc) is 2.23. The van der Waals surface area contributed by atoms with Gasteiger partial charge in [-0.05, 0) is 6.92 Å². The lowest BCUT2D eigenvalue weighted by Crippen LogP contribution is -2.47. The van der Waals surface area contributed by atoms with Gasteiger partial charge in [-0.3, -0.25) is 0 Å².